The van der Waals surface area contributed by atoms with E-state index in [-0.39, 0.29) is 0 Å². The number of halogens is 2. The number of aryl methyl sites for hydroxylation is 1. The van der Waals surface area contributed by atoms with Crippen molar-refractivity contribution in [3.05, 3.63) is 45.7 Å². The quantitative estimate of drug-likeness (QED) is 0.627. The van der Waals surface area contributed by atoms with Crippen molar-refractivity contribution in [2.24, 2.45) is 0 Å². The van der Waals surface area contributed by atoms with E-state index < -0.39 is 0 Å². The normalized spacial score (nSPS) is 11.0. The molecule has 0 aliphatic heterocycles. The van der Waals surface area contributed by atoms with Crippen molar-refractivity contribution >= 4 is 47.8 Å². The van der Waals surface area contributed by atoms with E-state index in [1.807, 2.05) is 45.0 Å². The predicted molar refractivity (Wildman–Crippen MR) is 110 cm³/mol. The molecule has 8 heteroatoms. The number of anilines is 1. The average Bonchev–Trinajstić information content (AvgIpc) is 2.92. The minimum atomic E-state index is 0.489. The molecule has 0 spiro atoms. The molecule has 0 radical (unpaired) electrons. The van der Waals surface area contributed by atoms with Gasteiger partial charge in [-0.1, -0.05) is 0 Å². The number of nitrogens with zero attached hydrogens (tertiary/aromatic N) is 4. The van der Waals surface area contributed by atoms with E-state index in [4.69, 9.17) is 33.0 Å². The standard InChI is InChI=1S/C18H19BCl2N4O/c1-5-26-16(19)12-9-22-17-14(11-7-6-8-13(20)15(11)21)10(2)23-25(17)18(12)24(3)4/h6-9,19H,5H2,1-4H3. The third-order valence-corrected chi connectivity index (χ3v) is 4.88. The molecule has 2 aromatic heterocycles. The molecular weight excluding hydrogens is 370 g/mol. The van der Waals surface area contributed by atoms with Crippen LogP contribution in [0.15, 0.2) is 24.4 Å². The Morgan fingerprint density at radius 2 is 2.04 bits per heavy atom. The Labute approximate surface area is 163 Å². The number of hydrogen-bond donors (Lipinski definition) is 0. The number of ether oxygens (including phenoxy) is 1. The summed E-state index contributed by atoms with van der Waals surface area (Å²) >= 11 is 12.6. The number of benzene rings is 1. The Morgan fingerprint density at radius 1 is 1.31 bits per heavy atom. The van der Waals surface area contributed by atoms with E-state index in [9.17, 15) is 0 Å². The van der Waals surface area contributed by atoms with Crippen LogP contribution in [-0.4, -0.2) is 48.4 Å². The molecule has 134 valence electrons. The van der Waals surface area contributed by atoms with Gasteiger partial charge in [0.15, 0.2) is 0 Å². The van der Waals surface area contributed by atoms with E-state index in [1.54, 1.807) is 16.8 Å². The first kappa shape index (κ1) is 18.7. The zero-order valence-corrected chi connectivity index (χ0v) is 16.7. The van der Waals surface area contributed by atoms with Crippen LogP contribution in [0.4, 0.5) is 5.82 Å². The summed E-state index contributed by atoms with van der Waals surface area (Å²) in [4.78, 5) is 6.59. The van der Waals surface area contributed by atoms with Crippen molar-refractivity contribution in [1.82, 2.24) is 14.6 Å². The van der Waals surface area contributed by atoms with Crippen LogP contribution in [0.3, 0.4) is 0 Å². The first-order valence-electron chi connectivity index (χ1n) is 8.18. The summed E-state index contributed by atoms with van der Waals surface area (Å²) in [5.74, 6) is 0.834. The van der Waals surface area contributed by atoms with Gasteiger partial charge in [0.1, 0.15) is 0 Å². The molecule has 0 aliphatic rings. The van der Waals surface area contributed by atoms with Crippen LogP contribution in [0.1, 0.15) is 18.2 Å². The third kappa shape index (κ3) is 3.08. The van der Waals surface area contributed by atoms with Gasteiger partial charge in [-0.05, 0) is 0 Å². The van der Waals surface area contributed by atoms with Gasteiger partial charge in [0, 0.05) is 0 Å². The zero-order valence-electron chi connectivity index (χ0n) is 15.2. The van der Waals surface area contributed by atoms with Gasteiger partial charge < -0.3 is 0 Å². The molecule has 3 aromatic rings. The number of fused-ring (bicyclic) bond motifs is 1. The molecule has 0 saturated carbocycles. The monoisotopic (exact) mass is 388 g/mol. The van der Waals surface area contributed by atoms with Crippen molar-refractivity contribution < 1.29 is 4.74 Å². The van der Waals surface area contributed by atoms with Crippen molar-refractivity contribution in [1.29, 1.82) is 0 Å². The Balaban J connectivity index is 2.32. The fourth-order valence-electron chi connectivity index (χ4n) is 2.97. The molecule has 0 aliphatic carbocycles. The fourth-order valence-corrected chi connectivity index (χ4v) is 3.37. The van der Waals surface area contributed by atoms with Crippen molar-refractivity contribution in [3.63, 3.8) is 0 Å². The predicted octanol–water partition coefficient (Wildman–Crippen LogP) is 3.49. The fraction of sp³-hybridized carbons (Fsp3) is 0.278. The van der Waals surface area contributed by atoms with Gasteiger partial charge in [-0.3, -0.25) is 0 Å². The minimum absolute atomic E-state index is 0.489. The van der Waals surface area contributed by atoms with Crippen LogP contribution in [-0.2, 0) is 4.74 Å². The summed E-state index contributed by atoms with van der Waals surface area (Å²) in [7, 11) is 7.90. The van der Waals surface area contributed by atoms with E-state index in [2.05, 4.69) is 12.5 Å². The van der Waals surface area contributed by atoms with Gasteiger partial charge in [0.2, 0.25) is 0 Å². The van der Waals surface area contributed by atoms with Crippen molar-refractivity contribution in [2.45, 2.75) is 13.8 Å². The second kappa shape index (κ2) is 7.29. The summed E-state index contributed by atoms with van der Waals surface area (Å²) in [5, 5.41) is 5.69. The van der Waals surface area contributed by atoms with E-state index in [0.717, 1.165) is 28.2 Å². The first-order valence-corrected chi connectivity index (χ1v) is 8.94. The van der Waals surface area contributed by atoms with Crippen molar-refractivity contribution in [2.75, 3.05) is 25.6 Å². The van der Waals surface area contributed by atoms with Crippen LogP contribution in [0.2, 0.25) is 10.0 Å². The van der Waals surface area contributed by atoms with Gasteiger partial charge in [0.05, 0.1) is 0 Å². The van der Waals surface area contributed by atoms with E-state index >= 15 is 0 Å². The molecule has 1 aromatic carbocycles. The summed E-state index contributed by atoms with van der Waals surface area (Å²) in [5.41, 5.74) is 4.51. The molecule has 3 rings (SSSR count). The molecule has 0 N–H and O–H groups in total. The second-order valence-electron chi connectivity index (χ2n) is 6.04. The third-order valence-electron chi connectivity index (χ3n) is 4.06. The molecule has 0 saturated heterocycles. The van der Waals surface area contributed by atoms with Crippen LogP contribution < -0.4 is 4.90 Å². The molecular formula is C18H19BCl2N4O. The Kier molecular flexibility index (Phi) is 5.25. The molecule has 0 amide bonds. The number of aromatic nitrogens is 3. The topological polar surface area (TPSA) is 42.7 Å². The Hall–Kier alpha value is -2.05. The van der Waals surface area contributed by atoms with Crippen LogP contribution in [0.25, 0.3) is 16.8 Å². The molecule has 0 unspecified atom stereocenters. The van der Waals surface area contributed by atoms with Gasteiger partial charge in [-0.15, -0.1) is 0 Å². The van der Waals surface area contributed by atoms with Gasteiger partial charge >= 0.3 is 163 Å². The Morgan fingerprint density at radius 3 is 2.69 bits per heavy atom. The number of hydrogen-bond acceptors (Lipinski definition) is 4. The van der Waals surface area contributed by atoms with Crippen LogP contribution in [0, 0.1) is 6.92 Å². The van der Waals surface area contributed by atoms with E-state index in [1.165, 1.54) is 0 Å². The first-order chi connectivity index (χ1) is 12.4. The van der Waals surface area contributed by atoms with Crippen LogP contribution in [0.5, 0.6) is 0 Å². The van der Waals surface area contributed by atoms with Crippen LogP contribution >= 0.6 is 23.2 Å². The Bertz CT molecular complexity index is 1000. The zero-order chi connectivity index (χ0) is 19.0. The molecule has 0 fully saturated rings. The van der Waals surface area contributed by atoms with Gasteiger partial charge in [-0.2, -0.15) is 0 Å². The van der Waals surface area contributed by atoms with Crippen molar-refractivity contribution in [3.8, 4) is 11.1 Å². The molecule has 26 heavy (non-hydrogen) atoms. The maximum atomic E-state index is 6.44. The summed E-state index contributed by atoms with van der Waals surface area (Å²) < 4.78 is 7.38. The summed E-state index contributed by atoms with van der Waals surface area (Å²) in [6.45, 7) is 4.38. The van der Waals surface area contributed by atoms with E-state index in [0.29, 0.717) is 27.9 Å². The SMILES string of the molecule is B=C(OCC)c1cnc2c(-c3cccc(Cl)c3Cl)c(C)nn2c1N(C)C. The summed E-state index contributed by atoms with van der Waals surface area (Å²) in [6.07, 6.45) is 1.76. The maximum absolute atomic E-state index is 6.44. The van der Waals surface area contributed by atoms with Gasteiger partial charge in [-0.25, -0.2) is 0 Å². The molecule has 0 atom stereocenters. The molecule has 0 bridgehead atoms. The molecule has 5 nitrogen and oxygen atoms in total. The average molecular weight is 389 g/mol. The number of rotatable bonds is 5. The molecule has 2 heterocycles. The van der Waals surface area contributed by atoms with Gasteiger partial charge in [0.25, 0.3) is 0 Å². The second-order valence-corrected chi connectivity index (χ2v) is 6.83. The summed E-state index contributed by atoms with van der Waals surface area (Å²) in [6, 6.07) is 5.55.